The Hall–Kier alpha value is -2.91. The molecule has 0 spiro atoms. The van der Waals surface area contributed by atoms with Gasteiger partial charge < -0.3 is 15.4 Å². The number of amides is 2. The minimum atomic E-state index is -3.76. The number of hydrogen-bond acceptors (Lipinski definition) is 5. The van der Waals surface area contributed by atoms with E-state index in [9.17, 15) is 18.0 Å². The van der Waals surface area contributed by atoms with Gasteiger partial charge in [-0.25, -0.2) is 12.7 Å². The number of nitrogens with one attached hydrogen (secondary N) is 2. The van der Waals surface area contributed by atoms with Gasteiger partial charge in [-0.15, -0.1) is 0 Å². The van der Waals surface area contributed by atoms with Crippen LogP contribution in [0.1, 0.15) is 12.5 Å². The number of carbonyl (C=O) groups is 2. The van der Waals surface area contributed by atoms with Crippen molar-refractivity contribution in [2.24, 2.45) is 0 Å². The average Bonchev–Trinajstić information content (AvgIpc) is 2.68. The number of anilines is 1. The fourth-order valence-corrected chi connectivity index (χ4v) is 3.54. The Bertz CT molecular complexity index is 959. The van der Waals surface area contributed by atoms with Gasteiger partial charge in [0.25, 0.3) is 0 Å². The quantitative estimate of drug-likeness (QED) is 0.643. The lowest BCUT2D eigenvalue weighted by Crippen LogP contribution is -2.33. The highest BCUT2D eigenvalue weighted by molar-refractivity contribution is 7.89. The Balaban J connectivity index is 2.03. The van der Waals surface area contributed by atoms with Crippen molar-refractivity contribution in [3.8, 4) is 5.75 Å². The SMILES string of the molecule is CCOc1ccc(NC(=O)CNC(=O)Cc2ccccc2)cc1S(=O)(=O)N(C)C. The van der Waals surface area contributed by atoms with E-state index < -0.39 is 15.9 Å². The first kappa shape index (κ1) is 22.4. The van der Waals surface area contributed by atoms with Crippen LogP contribution in [0, 0.1) is 0 Å². The molecule has 0 bridgehead atoms. The molecule has 0 fully saturated rings. The maximum absolute atomic E-state index is 12.5. The average molecular weight is 420 g/mol. The number of rotatable bonds is 9. The monoisotopic (exact) mass is 419 g/mol. The summed E-state index contributed by atoms with van der Waals surface area (Å²) in [6.45, 7) is 1.82. The van der Waals surface area contributed by atoms with Crippen LogP contribution in [-0.2, 0) is 26.0 Å². The topological polar surface area (TPSA) is 105 Å². The van der Waals surface area contributed by atoms with E-state index >= 15 is 0 Å². The second-order valence-electron chi connectivity index (χ2n) is 6.37. The molecule has 0 atom stereocenters. The van der Waals surface area contributed by atoms with Crippen LogP contribution in [0.2, 0.25) is 0 Å². The van der Waals surface area contributed by atoms with Gasteiger partial charge in [-0.05, 0) is 30.7 Å². The standard InChI is InChI=1S/C20H25N3O5S/c1-4-28-17-11-10-16(13-18(17)29(26,27)23(2)3)22-20(25)14-21-19(24)12-15-8-6-5-7-9-15/h5-11,13H,4,12,14H2,1-3H3,(H,21,24)(H,22,25). The normalized spacial score (nSPS) is 11.2. The summed E-state index contributed by atoms with van der Waals surface area (Å²) in [5, 5.41) is 5.13. The molecule has 2 aromatic carbocycles. The molecule has 0 aliphatic heterocycles. The molecule has 0 saturated carbocycles. The van der Waals surface area contributed by atoms with E-state index in [1.54, 1.807) is 13.0 Å². The van der Waals surface area contributed by atoms with E-state index in [1.807, 2.05) is 30.3 Å². The summed E-state index contributed by atoms with van der Waals surface area (Å²) in [5.74, 6) is -0.548. The fourth-order valence-electron chi connectivity index (χ4n) is 2.49. The lowest BCUT2D eigenvalue weighted by molar-refractivity contribution is -0.123. The first-order valence-corrected chi connectivity index (χ1v) is 10.5. The van der Waals surface area contributed by atoms with Crippen LogP contribution >= 0.6 is 0 Å². The molecule has 0 saturated heterocycles. The highest BCUT2D eigenvalue weighted by Gasteiger charge is 2.23. The molecule has 2 aromatic rings. The summed E-state index contributed by atoms with van der Waals surface area (Å²) in [6, 6.07) is 13.5. The second-order valence-corrected chi connectivity index (χ2v) is 8.49. The Kier molecular flexibility index (Phi) is 7.74. The Morgan fingerprint density at radius 3 is 2.34 bits per heavy atom. The third kappa shape index (κ3) is 6.30. The molecule has 8 nitrogen and oxygen atoms in total. The molecular weight excluding hydrogens is 394 g/mol. The third-order valence-electron chi connectivity index (χ3n) is 3.94. The Morgan fingerprint density at radius 2 is 1.72 bits per heavy atom. The summed E-state index contributed by atoms with van der Waals surface area (Å²) in [5.41, 5.74) is 1.13. The van der Waals surface area contributed by atoms with Crippen LogP contribution in [0.4, 0.5) is 5.69 Å². The van der Waals surface area contributed by atoms with E-state index in [1.165, 1.54) is 26.2 Å². The minimum absolute atomic E-state index is 0.0461. The predicted molar refractivity (Wildman–Crippen MR) is 110 cm³/mol. The van der Waals surface area contributed by atoms with E-state index in [-0.39, 0.29) is 35.2 Å². The lowest BCUT2D eigenvalue weighted by Gasteiger charge is -2.16. The molecule has 0 aromatic heterocycles. The summed E-state index contributed by atoms with van der Waals surface area (Å²) < 4.78 is 31.5. The van der Waals surface area contributed by atoms with Gasteiger partial charge in [0.05, 0.1) is 19.6 Å². The zero-order valence-electron chi connectivity index (χ0n) is 16.6. The minimum Gasteiger partial charge on any atom is -0.492 e. The van der Waals surface area contributed by atoms with Crippen molar-refractivity contribution in [3.63, 3.8) is 0 Å². The van der Waals surface area contributed by atoms with Crippen LogP contribution in [0.3, 0.4) is 0 Å². The maximum Gasteiger partial charge on any atom is 0.246 e. The second kappa shape index (κ2) is 10.0. The fraction of sp³-hybridized carbons (Fsp3) is 0.300. The van der Waals surface area contributed by atoms with Crippen molar-refractivity contribution in [2.45, 2.75) is 18.2 Å². The highest BCUT2D eigenvalue weighted by Crippen LogP contribution is 2.29. The molecule has 0 unspecified atom stereocenters. The van der Waals surface area contributed by atoms with Crippen molar-refractivity contribution in [2.75, 3.05) is 32.6 Å². The largest absolute Gasteiger partial charge is 0.492 e. The van der Waals surface area contributed by atoms with Crippen LogP contribution < -0.4 is 15.4 Å². The van der Waals surface area contributed by atoms with Gasteiger partial charge in [0.2, 0.25) is 21.8 Å². The first-order valence-electron chi connectivity index (χ1n) is 9.04. The molecule has 0 aliphatic rings. The molecule has 2 N–H and O–H groups in total. The number of carbonyl (C=O) groups excluding carboxylic acids is 2. The number of sulfonamides is 1. The Labute approximate surface area is 170 Å². The molecule has 0 aliphatic carbocycles. The van der Waals surface area contributed by atoms with Crippen LogP contribution in [0.25, 0.3) is 0 Å². The summed E-state index contributed by atoms with van der Waals surface area (Å²) in [7, 11) is -0.931. The molecule has 2 rings (SSSR count). The van der Waals surface area contributed by atoms with Crippen molar-refractivity contribution in [3.05, 3.63) is 54.1 Å². The Morgan fingerprint density at radius 1 is 1.03 bits per heavy atom. The predicted octanol–water partition coefficient (Wildman–Crippen LogP) is 1.63. The highest BCUT2D eigenvalue weighted by atomic mass is 32.2. The van der Waals surface area contributed by atoms with Gasteiger partial charge >= 0.3 is 0 Å². The molecule has 0 radical (unpaired) electrons. The lowest BCUT2D eigenvalue weighted by atomic mass is 10.1. The zero-order chi connectivity index (χ0) is 21.4. The molecule has 2 amide bonds. The van der Waals surface area contributed by atoms with Crippen LogP contribution in [0.5, 0.6) is 5.75 Å². The maximum atomic E-state index is 12.5. The van der Waals surface area contributed by atoms with Gasteiger partial charge in [-0.3, -0.25) is 9.59 Å². The van der Waals surface area contributed by atoms with Crippen molar-refractivity contribution >= 4 is 27.5 Å². The molecular formula is C20H25N3O5S. The van der Waals surface area contributed by atoms with Crippen molar-refractivity contribution in [1.29, 1.82) is 0 Å². The van der Waals surface area contributed by atoms with Crippen LogP contribution in [0.15, 0.2) is 53.4 Å². The first-order chi connectivity index (χ1) is 13.7. The number of benzene rings is 2. The van der Waals surface area contributed by atoms with E-state index in [0.29, 0.717) is 6.61 Å². The molecule has 9 heteroatoms. The van der Waals surface area contributed by atoms with Gasteiger partial charge in [-0.2, -0.15) is 0 Å². The van der Waals surface area contributed by atoms with Crippen molar-refractivity contribution < 1.29 is 22.7 Å². The molecule has 0 heterocycles. The number of hydrogen-bond donors (Lipinski definition) is 2. The van der Waals surface area contributed by atoms with E-state index in [4.69, 9.17) is 4.74 Å². The van der Waals surface area contributed by atoms with E-state index in [2.05, 4.69) is 10.6 Å². The molecule has 29 heavy (non-hydrogen) atoms. The summed E-state index contributed by atoms with van der Waals surface area (Å²) in [6.07, 6.45) is 0.169. The van der Waals surface area contributed by atoms with E-state index in [0.717, 1.165) is 9.87 Å². The van der Waals surface area contributed by atoms with Crippen molar-refractivity contribution in [1.82, 2.24) is 9.62 Å². The van der Waals surface area contributed by atoms with Gasteiger partial charge in [-0.1, -0.05) is 30.3 Å². The van der Waals surface area contributed by atoms with Gasteiger partial charge in [0.15, 0.2) is 0 Å². The smallest absolute Gasteiger partial charge is 0.246 e. The van der Waals surface area contributed by atoms with Gasteiger partial charge in [0, 0.05) is 19.8 Å². The van der Waals surface area contributed by atoms with Gasteiger partial charge in [0.1, 0.15) is 10.6 Å². The van der Waals surface area contributed by atoms with Crippen LogP contribution in [-0.4, -0.2) is 51.8 Å². The molecule has 156 valence electrons. The zero-order valence-corrected chi connectivity index (χ0v) is 17.5. The summed E-state index contributed by atoms with van der Waals surface area (Å²) in [4.78, 5) is 24.1. The number of nitrogens with zero attached hydrogens (tertiary/aromatic N) is 1. The third-order valence-corrected chi connectivity index (χ3v) is 5.78. The summed E-state index contributed by atoms with van der Waals surface area (Å²) >= 11 is 0. The number of ether oxygens (including phenoxy) is 1.